The molecule has 0 aliphatic carbocycles. The number of aromatic nitrogens is 2. The lowest BCUT2D eigenvalue weighted by Gasteiger charge is -2.31. The number of ether oxygens (including phenoxy) is 1. The number of morpholine rings is 1. The average Bonchev–Trinajstić information content (AvgIpc) is 3.10. The average molecular weight is 458 g/mol. The SMILES string of the molecule is CCCCCc1cc(F)c(-c2nc3cc(C)ccn3c2CC2CN(C(=O)O)CCO2)c(F)c1. The van der Waals surface area contributed by atoms with Crippen LogP contribution < -0.4 is 0 Å². The second-order valence-corrected chi connectivity index (χ2v) is 8.66. The number of amides is 1. The van der Waals surface area contributed by atoms with Gasteiger partial charge in [-0.15, -0.1) is 0 Å². The highest BCUT2D eigenvalue weighted by Gasteiger charge is 2.28. The molecule has 1 saturated heterocycles. The molecule has 1 amide bonds. The van der Waals surface area contributed by atoms with Crippen LogP contribution in [0.1, 0.15) is 43.0 Å². The molecule has 1 aliphatic rings. The molecule has 176 valence electrons. The molecule has 1 fully saturated rings. The third kappa shape index (κ3) is 5.00. The van der Waals surface area contributed by atoms with Crippen molar-refractivity contribution in [3.8, 4) is 11.3 Å². The van der Waals surface area contributed by atoms with E-state index in [4.69, 9.17) is 4.74 Å². The Morgan fingerprint density at radius 1 is 1.24 bits per heavy atom. The molecule has 0 bridgehead atoms. The van der Waals surface area contributed by atoms with Gasteiger partial charge in [0.15, 0.2) is 0 Å². The van der Waals surface area contributed by atoms with E-state index in [0.717, 1.165) is 24.8 Å². The van der Waals surface area contributed by atoms with E-state index in [1.807, 2.05) is 25.3 Å². The summed E-state index contributed by atoms with van der Waals surface area (Å²) in [6, 6.07) is 6.55. The number of unbranched alkanes of at least 4 members (excludes halogenated alkanes) is 2. The topological polar surface area (TPSA) is 67.1 Å². The third-order valence-corrected chi connectivity index (χ3v) is 6.12. The van der Waals surface area contributed by atoms with E-state index in [1.54, 1.807) is 4.40 Å². The Labute approximate surface area is 191 Å². The van der Waals surface area contributed by atoms with Crippen molar-refractivity contribution in [2.75, 3.05) is 19.7 Å². The summed E-state index contributed by atoms with van der Waals surface area (Å²) in [5.41, 5.74) is 2.86. The fourth-order valence-corrected chi connectivity index (χ4v) is 4.40. The van der Waals surface area contributed by atoms with Crippen molar-refractivity contribution in [2.45, 2.75) is 52.1 Å². The molecule has 33 heavy (non-hydrogen) atoms. The maximum Gasteiger partial charge on any atom is 0.407 e. The predicted molar refractivity (Wildman–Crippen MR) is 122 cm³/mol. The van der Waals surface area contributed by atoms with Crippen LogP contribution in [0.4, 0.5) is 13.6 Å². The molecule has 4 rings (SSSR count). The van der Waals surface area contributed by atoms with Crippen LogP contribution in [-0.4, -0.2) is 51.3 Å². The summed E-state index contributed by atoms with van der Waals surface area (Å²) >= 11 is 0. The highest BCUT2D eigenvalue weighted by atomic mass is 19.1. The van der Waals surface area contributed by atoms with E-state index in [-0.39, 0.29) is 30.8 Å². The first-order valence-corrected chi connectivity index (χ1v) is 11.4. The molecule has 1 unspecified atom stereocenters. The number of rotatable bonds is 7. The van der Waals surface area contributed by atoms with Crippen LogP contribution in [0, 0.1) is 18.6 Å². The lowest BCUT2D eigenvalue weighted by atomic mass is 10.0. The Morgan fingerprint density at radius 2 is 2.00 bits per heavy atom. The minimum absolute atomic E-state index is 0.156. The van der Waals surface area contributed by atoms with Crippen molar-refractivity contribution in [3.05, 3.63) is 58.9 Å². The van der Waals surface area contributed by atoms with Crippen LogP contribution in [-0.2, 0) is 17.6 Å². The highest BCUT2D eigenvalue weighted by molar-refractivity contribution is 5.69. The van der Waals surface area contributed by atoms with Crippen molar-refractivity contribution < 1.29 is 23.4 Å². The first-order chi connectivity index (χ1) is 15.9. The lowest BCUT2D eigenvalue weighted by molar-refractivity contribution is -0.0214. The number of carbonyl (C=O) groups is 1. The zero-order valence-electron chi connectivity index (χ0n) is 19.0. The maximum atomic E-state index is 15.2. The molecule has 3 aromatic rings. The molecule has 1 N–H and O–H groups in total. The molecule has 0 radical (unpaired) electrons. The van der Waals surface area contributed by atoms with Gasteiger partial charge >= 0.3 is 6.09 Å². The van der Waals surface area contributed by atoms with Crippen molar-refractivity contribution in [3.63, 3.8) is 0 Å². The zero-order valence-corrected chi connectivity index (χ0v) is 19.0. The standard InChI is InChI=1S/C25H29F2N3O3/c1-3-4-5-6-17-12-19(26)23(20(27)13-17)24-21(30-8-7-16(2)11-22(30)28-24)14-18-15-29(25(31)32)9-10-33-18/h7-8,11-13,18H,3-6,9-10,14-15H2,1-2H3,(H,31,32). The Kier molecular flexibility index (Phi) is 6.93. The summed E-state index contributed by atoms with van der Waals surface area (Å²) in [5.74, 6) is -1.28. The maximum absolute atomic E-state index is 15.2. The predicted octanol–water partition coefficient (Wildman–Crippen LogP) is 5.24. The van der Waals surface area contributed by atoms with E-state index in [2.05, 4.69) is 11.9 Å². The number of halogens is 2. The van der Waals surface area contributed by atoms with Crippen molar-refractivity contribution >= 4 is 11.7 Å². The molecule has 2 aromatic heterocycles. The smallest absolute Gasteiger partial charge is 0.407 e. The van der Waals surface area contributed by atoms with Crippen LogP contribution in [0.5, 0.6) is 0 Å². The summed E-state index contributed by atoms with van der Waals surface area (Å²) in [4.78, 5) is 17.3. The monoisotopic (exact) mass is 457 g/mol. The number of aryl methyl sites for hydroxylation is 2. The Morgan fingerprint density at radius 3 is 2.70 bits per heavy atom. The van der Waals surface area contributed by atoms with Gasteiger partial charge in [-0.2, -0.15) is 0 Å². The van der Waals surface area contributed by atoms with Gasteiger partial charge in [0.1, 0.15) is 17.3 Å². The zero-order chi connectivity index (χ0) is 23.5. The van der Waals surface area contributed by atoms with E-state index in [9.17, 15) is 9.90 Å². The quantitative estimate of drug-likeness (QED) is 0.493. The molecule has 1 aliphatic heterocycles. The summed E-state index contributed by atoms with van der Waals surface area (Å²) in [6.45, 7) is 4.78. The third-order valence-electron chi connectivity index (χ3n) is 6.12. The summed E-state index contributed by atoms with van der Waals surface area (Å²) < 4.78 is 38.1. The molecule has 1 atom stereocenters. The van der Waals surface area contributed by atoms with Gasteiger partial charge in [0.2, 0.25) is 0 Å². The molecule has 3 heterocycles. The van der Waals surface area contributed by atoms with Gasteiger partial charge in [-0.25, -0.2) is 18.6 Å². The van der Waals surface area contributed by atoms with Gasteiger partial charge in [0.25, 0.3) is 0 Å². The fraction of sp³-hybridized carbons (Fsp3) is 0.440. The van der Waals surface area contributed by atoms with Crippen LogP contribution in [0.25, 0.3) is 16.9 Å². The van der Waals surface area contributed by atoms with Crippen LogP contribution >= 0.6 is 0 Å². The second kappa shape index (κ2) is 9.87. The minimum atomic E-state index is -1.01. The summed E-state index contributed by atoms with van der Waals surface area (Å²) in [7, 11) is 0. The number of fused-ring (bicyclic) bond motifs is 1. The van der Waals surface area contributed by atoms with Gasteiger partial charge in [0.05, 0.1) is 36.2 Å². The van der Waals surface area contributed by atoms with Crippen LogP contribution in [0.15, 0.2) is 30.5 Å². The van der Waals surface area contributed by atoms with Crippen LogP contribution in [0.3, 0.4) is 0 Å². The number of benzene rings is 1. The van der Waals surface area contributed by atoms with Crippen molar-refractivity contribution in [1.82, 2.24) is 14.3 Å². The summed E-state index contributed by atoms with van der Waals surface area (Å²) in [6.07, 6.45) is 4.21. The Bertz CT molecular complexity index is 1140. The molecule has 8 heteroatoms. The molecule has 0 saturated carbocycles. The first-order valence-electron chi connectivity index (χ1n) is 11.4. The molecule has 6 nitrogen and oxygen atoms in total. The number of nitrogens with zero attached hydrogens (tertiary/aromatic N) is 3. The normalized spacial score (nSPS) is 16.5. The lowest BCUT2D eigenvalue weighted by Crippen LogP contribution is -2.45. The van der Waals surface area contributed by atoms with E-state index >= 15 is 8.78 Å². The number of pyridine rings is 1. The van der Waals surface area contributed by atoms with Gasteiger partial charge in [-0.05, 0) is 55.2 Å². The molecular weight excluding hydrogens is 428 g/mol. The van der Waals surface area contributed by atoms with Crippen LogP contribution in [0.2, 0.25) is 0 Å². The molecule has 0 spiro atoms. The number of imidazole rings is 1. The number of hydrogen-bond donors (Lipinski definition) is 1. The van der Waals surface area contributed by atoms with Gasteiger partial charge in [-0.3, -0.25) is 0 Å². The van der Waals surface area contributed by atoms with Gasteiger partial charge < -0.3 is 19.1 Å². The van der Waals surface area contributed by atoms with E-state index < -0.39 is 23.8 Å². The van der Waals surface area contributed by atoms with E-state index in [1.165, 1.54) is 17.0 Å². The van der Waals surface area contributed by atoms with Crippen molar-refractivity contribution in [1.29, 1.82) is 0 Å². The van der Waals surface area contributed by atoms with Gasteiger partial charge in [-0.1, -0.05) is 19.8 Å². The first kappa shape index (κ1) is 23.2. The summed E-state index contributed by atoms with van der Waals surface area (Å²) in [5, 5.41) is 9.35. The fourth-order valence-electron chi connectivity index (χ4n) is 4.40. The minimum Gasteiger partial charge on any atom is -0.465 e. The Hall–Kier alpha value is -3.00. The molecule has 1 aromatic carbocycles. The number of carboxylic acid groups (broad SMARTS) is 1. The second-order valence-electron chi connectivity index (χ2n) is 8.66. The van der Waals surface area contributed by atoms with Crippen molar-refractivity contribution in [2.24, 2.45) is 0 Å². The highest BCUT2D eigenvalue weighted by Crippen LogP contribution is 2.32. The van der Waals surface area contributed by atoms with Gasteiger partial charge in [0, 0.05) is 19.2 Å². The number of hydrogen-bond acceptors (Lipinski definition) is 3. The Balaban J connectivity index is 1.74. The molecular formula is C25H29F2N3O3. The van der Waals surface area contributed by atoms with E-state index in [0.29, 0.717) is 29.9 Å². The largest absolute Gasteiger partial charge is 0.465 e.